The van der Waals surface area contributed by atoms with Gasteiger partial charge in [0.1, 0.15) is 5.69 Å². The molecule has 21 heavy (non-hydrogen) atoms. The Morgan fingerprint density at radius 2 is 1.81 bits per heavy atom. The molecule has 0 unspecified atom stereocenters. The molecule has 0 bridgehead atoms. The van der Waals surface area contributed by atoms with Crippen LogP contribution in [-0.4, -0.2) is 9.36 Å². The molecule has 0 atom stereocenters. The Morgan fingerprint density at radius 3 is 2.29 bits per heavy atom. The zero-order valence-electron chi connectivity index (χ0n) is 13.8. The quantitative estimate of drug-likeness (QED) is 0.922. The van der Waals surface area contributed by atoms with Gasteiger partial charge < -0.3 is 5.73 Å². The minimum Gasteiger partial charge on any atom is -0.393 e. The zero-order valence-corrected chi connectivity index (χ0v) is 13.8. The van der Waals surface area contributed by atoms with Gasteiger partial charge in [-0.2, -0.15) is 0 Å². The van der Waals surface area contributed by atoms with Crippen LogP contribution in [0.1, 0.15) is 44.5 Å². The normalized spacial score (nSPS) is 11.9. The third kappa shape index (κ3) is 2.50. The largest absolute Gasteiger partial charge is 0.393 e. The van der Waals surface area contributed by atoms with E-state index in [1.807, 2.05) is 37.6 Å². The van der Waals surface area contributed by atoms with Gasteiger partial charge in [-0.05, 0) is 32.4 Å². The summed E-state index contributed by atoms with van der Waals surface area (Å²) in [7, 11) is 0. The van der Waals surface area contributed by atoms with Gasteiger partial charge in [-0.15, -0.1) is 0 Å². The summed E-state index contributed by atoms with van der Waals surface area (Å²) in [6.45, 7) is 13.0. The molecule has 0 saturated heterocycles. The lowest BCUT2D eigenvalue weighted by molar-refractivity contribution is 0.469. The number of nitrogen functional groups attached to an aromatic ring is 1. The molecule has 0 aliphatic carbocycles. The molecule has 4 heteroatoms. The summed E-state index contributed by atoms with van der Waals surface area (Å²) in [5.74, 6) is 0. The number of aromatic nitrogens is 2. The molecule has 1 heterocycles. The predicted molar refractivity (Wildman–Crippen MR) is 88.3 cm³/mol. The lowest BCUT2D eigenvalue weighted by Crippen LogP contribution is -2.24. The highest BCUT2D eigenvalue weighted by Gasteiger charge is 2.27. The van der Waals surface area contributed by atoms with Crippen LogP contribution >= 0.6 is 0 Å². The smallest absolute Gasteiger partial charge is 0.294 e. The molecule has 2 rings (SSSR count). The second-order valence-electron chi connectivity index (χ2n) is 6.63. The van der Waals surface area contributed by atoms with Gasteiger partial charge in [-0.1, -0.05) is 38.5 Å². The van der Waals surface area contributed by atoms with Crippen molar-refractivity contribution in [2.45, 2.75) is 53.5 Å². The van der Waals surface area contributed by atoms with E-state index < -0.39 is 0 Å². The summed E-state index contributed by atoms with van der Waals surface area (Å²) in [5, 5.41) is 0. The van der Waals surface area contributed by atoms with E-state index >= 15 is 0 Å². The van der Waals surface area contributed by atoms with Crippen LogP contribution < -0.4 is 11.3 Å². The van der Waals surface area contributed by atoms with Gasteiger partial charge in [-0.3, -0.25) is 9.48 Å². The van der Waals surface area contributed by atoms with Crippen molar-refractivity contribution in [3.05, 3.63) is 45.4 Å². The number of anilines is 1. The number of hydrogen-bond donors (Lipinski definition) is 1. The van der Waals surface area contributed by atoms with Crippen LogP contribution in [0.25, 0.3) is 5.69 Å². The molecule has 2 N–H and O–H groups in total. The van der Waals surface area contributed by atoms with Crippen LogP contribution in [0.5, 0.6) is 0 Å². The maximum atomic E-state index is 12.7. The highest BCUT2D eigenvalue weighted by atomic mass is 16.1. The van der Waals surface area contributed by atoms with Gasteiger partial charge >= 0.3 is 0 Å². The number of hydrogen-bond acceptors (Lipinski definition) is 2. The first-order valence-electron chi connectivity index (χ1n) is 7.37. The number of benzene rings is 1. The van der Waals surface area contributed by atoms with Crippen LogP contribution in [0, 0.1) is 13.8 Å². The van der Waals surface area contributed by atoms with Gasteiger partial charge in [-0.25, -0.2) is 4.68 Å². The minimum atomic E-state index is -0.177. The fraction of sp³-hybridized carbons (Fsp3) is 0.471. The summed E-state index contributed by atoms with van der Waals surface area (Å²) >= 11 is 0. The van der Waals surface area contributed by atoms with Crippen molar-refractivity contribution in [1.29, 1.82) is 0 Å². The van der Waals surface area contributed by atoms with Crippen molar-refractivity contribution in [2.75, 3.05) is 5.73 Å². The molecule has 0 aliphatic heterocycles. The summed E-state index contributed by atoms with van der Waals surface area (Å²) < 4.78 is 3.71. The van der Waals surface area contributed by atoms with Crippen LogP contribution in [0.4, 0.5) is 5.69 Å². The lowest BCUT2D eigenvalue weighted by Gasteiger charge is -2.23. The fourth-order valence-corrected chi connectivity index (χ4v) is 2.94. The Kier molecular flexibility index (Phi) is 3.74. The monoisotopic (exact) mass is 287 g/mol. The highest BCUT2D eigenvalue weighted by molar-refractivity contribution is 5.50. The van der Waals surface area contributed by atoms with E-state index in [2.05, 4.69) is 26.8 Å². The Morgan fingerprint density at radius 1 is 1.19 bits per heavy atom. The average molecular weight is 287 g/mol. The van der Waals surface area contributed by atoms with Crippen LogP contribution in [0.15, 0.2) is 23.0 Å². The molecule has 2 aromatic rings. The van der Waals surface area contributed by atoms with Crippen molar-refractivity contribution >= 4 is 5.69 Å². The Labute approximate surface area is 126 Å². The van der Waals surface area contributed by atoms with E-state index in [0.29, 0.717) is 12.2 Å². The minimum absolute atomic E-state index is 0.131. The fourth-order valence-electron chi connectivity index (χ4n) is 2.94. The number of rotatable bonds is 2. The molecule has 4 nitrogen and oxygen atoms in total. The second-order valence-corrected chi connectivity index (χ2v) is 6.63. The summed E-state index contributed by atoms with van der Waals surface area (Å²) in [5.41, 5.74) is 10.2. The molecule has 0 spiro atoms. The molecule has 0 saturated carbocycles. The van der Waals surface area contributed by atoms with Gasteiger partial charge in [0.05, 0.1) is 11.4 Å². The van der Waals surface area contributed by atoms with Crippen LogP contribution in [0.3, 0.4) is 0 Å². The topological polar surface area (TPSA) is 52.9 Å². The summed E-state index contributed by atoms with van der Waals surface area (Å²) in [6.07, 6.45) is 0. The van der Waals surface area contributed by atoms with E-state index in [4.69, 9.17) is 5.73 Å². The Bertz CT molecular complexity index is 730. The third-order valence-corrected chi connectivity index (χ3v) is 3.77. The molecule has 0 fully saturated rings. The molecule has 0 aliphatic rings. The zero-order chi connectivity index (χ0) is 15.9. The maximum absolute atomic E-state index is 12.7. The molecule has 0 amide bonds. The first kappa shape index (κ1) is 15.4. The Balaban J connectivity index is 2.85. The van der Waals surface area contributed by atoms with Gasteiger partial charge in [0.15, 0.2) is 0 Å². The SMILES string of the molecule is CCn1c(C(C)(C)C)c(N)c(=O)n1-c1ccc(C)cc1C. The van der Waals surface area contributed by atoms with E-state index in [-0.39, 0.29) is 11.0 Å². The molecule has 1 aromatic carbocycles. The summed E-state index contributed by atoms with van der Waals surface area (Å²) in [6, 6.07) is 6.10. The molecule has 114 valence electrons. The first-order valence-corrected chi connectivity index (χ1v) is 7.37. The number of aryl methyl sites for hydroxylation is 2. The number of nitrogens with two attached hydrogens (primary N) is 1. The van der Waals surface area contributed by atoms with Crippen molar-refractivity contribution in [3.8, 4) is 5.69 Å². The van der Waals surface area contributed by atoms with E-state index in [1.165, 1.54) is 5.56 Å². The highest BCUT2D eigenvalue weighted by Crippen LogP contribution is 2.28. The third-order valence-electron chi connectivity index (χ3n) is 3.77. The van der Waals surface area contributed by atoms with Gasteiger partial charge in [0, 0.05) is 12.0 Å². The standard InChI is InChI=1S/C17H25N3O/c1-7-19-15(17(4,5)6)14(18)16(21)20(19)13-9-8-11(2)10-12(13)3/h8-10H,7,18H2,1-6H3. The average Bonchev–Trinajstić information content (AvgIpc) is 2.62. The molecular weight excluding hydrogens is 262 g/mol. The second kappa shape index (κ2) is 5.10. The van der Waals surface area contributed by atoms with Gasteiger partial charge in [0.25, 0.3) is 5.56 Å². The van der Waals surface area contributed by atoms with E-state index in [1.54, 1.807) is 4.68 Å². The molecule has 1 aromatic heterocycles. The molecular formula is C17H25N3O. The molecule has 0 radical (unpaired) electrons. The van der Waals surface area contributed by atoms with Crippen molar-refractivity contribution in [3.63, 3.8) is 0 Å². The maximum Gasteiger partial charge on any atom is 0.294 e. The van der Waals surface area contributed by atoms with Crippen molar-refractivity contribution in [1.82, 2.24) is 9.36 Å². The number of nitrogens with zero attached hydrogens (tertiary/aromatic N) is 2. The van der Waals surface area contributed by atoms with Crippen LogP contribution in [-0.2, 0) is 12.0 Å². The van der Waals surface area contributed by atoms with Crippen molar-refractivity contribution < 1.29 is 0 Å². The Hall–Kier alpha value is -1.97. The van der Waals surface area contributed by atoms with Crippen LogP contribution in [0.2, 0.25) is 0 Å². The van der Waals surface area contributed by atoms with Crippen molar-refractivity contribution in [2.24, 2.45) is 0 Å². The van der Waals surface area contributed by atoms with Gasteiger partial charge in [0.2, 0.25) is 0 Å². The van der Waals surface area contributed by atoms with E-state index in [0.717, 1.165) is 16.9 Å². The lowest BCUT2D eigenvalue weighted by atomic mass is 9.91. The first-order chi connectivity index (χ1) is 9.68. The van der Waals surface area contributed by atoms with E-state index in [9.17, 15) is 4.79 Å². The summed E-state index contributed by atoms with van der Waals surface area (Å²) in [4.78, 5) is 12.7. The predicted octanol–water partition coefficient (Wildman–Crippen LogP) is 3.16.